The van der Waals surface area contributed by atoms with Crippen LogP contribution in [-0.2, 0) is 20.1 Å². The normalized spacial score (nSPS) is 17.8. The van der Waals surface area contributed by atoms with Crippen LogP contribution < -0.4 is 10.1 Å². The Bertz CT molecular complexity index is 593. The molecular formula is C15H20N4O. The van der Waals surface area contributed by atoms with Crippen LogP contribution in [-0.4, -0.2) is 21.8 Å². The van der Waals surface area contributed by atoms with Crippen molar-refractivity contribution in [3.63, 3.8) is 0 Å². The maximum atomic E-state index is 5.82. The average Bonchev–Trinajstić information content (AvgIpc) is 2.89. The van der Waals surface area contributed by atoms with Crippen molar-refractivity contribution < 1.29 is 4.74 Å². The average molecular weight is 272 g/mol. The van der Waals surface area contributed by atoms with Gasteiger partial charge in [-0.1, -0.05) is 6.07 Å². The van der Waals surface area contributed by atoms with Crippen LogP contribution in [0.15, 0.2) is 24.5 Å². The summed E-state index contributed by atoms with van der Waals surface area (Å²) < 4.78 is 7.55. The largest absolute Gasteiger partial charge is 0.486 e. The van der Waals surface area contributed by atoms with Gasteiger partial charge in [-0.15, -0.1) is 0 Å². The number of aryl methyl sites for hydroxylation is 2. The topological polar surface area (TPSA) is 52.0 Å². The predicted molar refractivity (Wildman–Crippen MR) is 76.5 cm³/mol. The first kappa shape index (κ1) is 13.1. The van der Waals surface area contributed by atoms with E-state index in [0.717, 1.165) is 18.0 Å². The van der Waals surface area contributed by atoms with E-state index in [1.54, 1.807) is 11.0 Å². The number of nitrogens with one attached hydrogen (secondary N) is 1. The van der Waals surface area contributed by atoms with Crippen molar-refractivity contribution in [2.45, 2.75) is 31.9 Å². The first-order chi connectivity index (χ1) is 9.78. The molecule has 1 heterocycles. The Kier molecular flexibility index (Phi) is 3.69. The van der Waals surface area contributed by atoms with Gasteiger partial charge >= 0.3 is 0 Å². The lowest BCUT2D eigenvalue weighted by molar-refractivity contribution is 0.289. The zero-order chi connectivity index (χ0) is 13.9. The summed E-state index contributed by atoms with van der Waals surface area (Å²) in [7, 11) is 3.90. The molecule has 1 N–H and O–H groups in total. The van der Waals surface area contributed by atoms with Gasteiger partial charge in [0.15, 0.2) is 5.82 Å². The first-order valence-corrected chi connectivity index (χ1v) is 7.03. The van der Waals surface area contributed by atoms with Crippen molar-refractivity contribution >= 4 is 0 Å². The molecule has 1 aromatic heterocycles. The van der Waals surface area contributed by atoms with E-state index in [-0.39, 0.29) is 0 Å². The van der Waals surface area contributed by atoms with Gasteiger partial charge in [-0.05, 0) is 49.6 Å². The first-order valence-electron chi connectivity index (χ1n) is 7.03. The highest BCUT2D eigenvalue weighted by Crippen LogP contribution is 2.32. The van der Waals surface area contributed by atoms with Crippen molar-refractivity contribution in [1.29, 1.82) is 0 Å². The lowest BCUT2D eigenvalue weighted by Gasteiger charge is -2.25. The molecule has 106 valence electrons. The van der Waals surface area contributed by atoms with E-state index in [2.05, 4.69) is 27.5 Å². The zero-order valence-corrected chi connectivity index (χ0v) is 12.0. The molecule has 1 atom stereocenters. The minimum Gasteiger partial charge on any atom is -0.486 e. The van der Waals surface area contributed by atoms with Crippen LogP contribution in [0.1, 0.15) is 35.8 Å². The highest BCUT2D eigenvalue weighted by Gasteiger charge is 2.18. The van der Waals surface area contributed by atoms with Gasteiger partial charge in [0, 0.05) is 13.1 Å². The third-order valence-corrected chi connectivity index (χ3v) is 3.95. The molecule has 1 unspecified atom stereocenters. The Labute approximate surface area is 119 Å². The Morgan fingerprint density at radius 1 is 1.45 bits per heavy atom. The summed E-state index contributed by atoms with van der Waals surface area (Å²) in [5, 5.41) is 7.42. The van der Waals surface area contributed by atoms with E-state index in [4.69, 9.17) is 4.74 Å². The summed E-state index contributed by atoms with van der Waals surface area (Å²) >= 11 is 0. The highest BCUT2D eigenvalue weighted by atomic mass is 16.5. The van der Waals surface area contributed by atoms with Crippen molar-refractivity contribution in [2.24, 2.45) is 7.05 Å². The fourth-order valence-corrected chi connectivity index (χ4v) is 2.78. The zero-order valence-electron chi connectivity index (χ0n) is 12.0. The molecule has 0 aliphatic heterocycles. The number of rotatable bonds is 4. The molecule has 20 heavy (non-hydrogen) atoms. The van der Waals surface area contributed by atoms with Crippen LogP contribution in [0.5, 0.6) is 5.75 Å². The van der Waals surface area contributed by atoms with Crippen LogP contribution in [0.4, 0.5) is 0 Å². The molecule has 2 aromatic rings. The summed E-state index contributed by atoms with van der Waals surface area (Å²) in [5.41, 5.74) is 2.80. The van der Waals surface area contributed by atoms with Crippen LogP contribution in [0.3, 0.4) is 0 Å². The molecule has 0 bridgehead atoms. The van der Waals surface area contributed by atoms with Gasteiger partial charge in [-0.3, -0.25) is 4.68 Å². The number of nitrogens with zero attached hydrogens (tertiary/aromatic N) is 3. The molecule has 0 amide bonds. The molecule has 1 aromatic carbocycles. The summed E-state index contributed by atoms with van der Waals surface area (Å²) in [6, 6.07) is 6.87. The number of hydrogen-bond acceptors (Lipinski definition) is 4. The molecule has 5 nitrogen and oxygen atoms in total. The SMILES string of the molecule is CNC1CCCc2cc(OCc3ncnn3C)ccc21. The van der Waals surface area contributed by atoms with E-state index in [0.29, 0.717) is 12.6 Å². The number of ether oxygens (including phenoxy) is 1. The Hall–Kier alpha value is -1.88. The van der Waals surface area contributed by atoms with Gasteiger partial charge < -0.3 is 10.1 Å². The van der Waals surface area contributed by atoms with Gasteiger partial charge in [0.2, 0.25) is 0 Å². The number of aromatic nitrogens is 3. The van der Waals surface area contributed by atoms with Gasteiger partial charge in [-0.25, -0.2) is 4.98 Å². The quantitative estimate of drug-likeness (QED) is 0.925. The Morgan fingerprint density at radius 3 is 3.10 bits per heavy atom. The number of benzene rings is 1. The number of hydrogen-bond donors (Lipinski definition) is 1. The number of fused-ring (bicyclic) bond motifs is 1. The Morgan fingerprint density at radius 2 is 2.35 bits per heavy atom. The molecule has 5 heteroatoms. The smallest absolute Gasteiger partial charge is 0.164 e. The maximum Gasteiger partial charge on any atom is 0.164 e. The Balaban J connectivity index is 1.74. The van der Waals surface area contributed by atoms with Crippen molar-refractivity contribution in [3.05, 3.63) is 41.5 Å². The molecule has 1 aliphatic rings. The van der Waals surface area contributed by atoms with E-state index >= 15 is 0 Å². The lowest BCUT2D eigenvalue weighted by atomic mass is 9.87. The molecule has 0 spiro atoms. The molecule has 3 rings (SSSR count). The maximum absolute atomic E-state index is 5.82. The minimum atomic E-state index is 0.449. The van der Waals surface area contributed by atoms with Crippen LogP contribution in [0.2, 0.25) is 0 Å². The fourth-order valence-electron chi connectivity index (χ4n) is 2.78. The van der Waals surface area contributed by atoms with Gasteiger partial charge in [0.1, 0.15) is 18.7 Å². The van der Waals surface area contributed by atoms with E-state index in [9.17, 15) is 0 Å². The van der Waals surface area contributed by atoms with E-state index < -0.39 is 0 Å². The third kappa shape index (κ3) is 2.54. The molecule has 0 fully saturated rings. The fraction of sp³-hybridized carbons (Fsp3) is 0.467. The minimum absolute atomic E-state index is 0.449. The second kappa shape index (κ2) is 5.63. The van der Waals surface area contributed by atoms with Crippen LogP contribution in [0.25, 0.3) is 0 Å². The second-order valence-electron chi connectivity index (χ2n) is 5.18. The van der Waals surface area contributed by atoms with Gasteiger partial charge in [0.25, 0.3) is 0 Å². The summed E-state index contributed by atoms with van der Waals surface area (Å²) in [5.74, 6) is 1.74. The molecular weight excluding hydrogens is 252 g/mol. The monoisotopic (exact) mass is 272 g/mol. The standard InChI is InChI=1S/C15H20N4O/c1-16-14-5-3-4-11-8-12(6-7-13(11)14)20-9-15-17-10-18-19(15)2/h6-8,10,14,16H,3-5,9H2,1-2H3. The molecule has 0 saturated carbocycles. The van der Waals surface area contributed by atoms with Crippen LogP contribution >= 0.6 is 0 Å². The van der Waals surface area contributed by atoms with E-state index in [1.165, 1.54) is 24.0 Å². The summed E-state index contributed by atoms with van der Waals surface area (Å²) in [4.78, 5) is 4.16. The van der Waals surface area contributed by atoms with Crippen molar-refractivity contribution in [1.82, 2.24) is 20.1 Å². The second-order valence-corrected chi connectivity index (χ2v) is 5.18. The molecule has 0 radical (unpaired) electrons. The summed E-state index contributed by atoms with van der Waals surface area (Å²) in [6.45, 7) is 0.449. The summed E-state index contributed by atoms with van der Waals surface area (Å²) in [6.07, 6.45) is 5.12. The third-order valence-electron chi connectivity index (χ3n) is 3.95. The molecule has 0 saturated heterocycles. The van der Waals surface area contributed by atoms with Crippen molar-refractivity contribution in [2.75, 3.05) is 7.05 Å². The van der Waals surface area contributed by atoms with Crippen molar-refractivity contribution in [3.8, 4) is 5.75 Å². The van der Waals surface area contributed by atoms with Crippen LogP contribution in [0, 0.1) is 0 Å². The highest BCUT2D eigenvalue weighted by molar-refractivity contribution is 5.39. The van der Waals surface area contributed by atoms with Gasteiger partial charge in [0.05, 0.1) is 0 Å². The lowest BCUT2D eigenvalue weighted by Crippen LogP contribution is -2.21. The molecule has 1 aliphatic carbocycles. The predicted octanol–water partition coefficient (Wildman–Crippen LogP) is 1.99. The van der Waals surface area contributed by atoms with Gasteiger partial charge in [-0.2, -0.15) is 5.10 Å². The van der Waals surface area contributed by atoms with E-state index in [1.807, 2.05) is 20.2 Å².